The van der Waals surface area contributed by atoms with E-state index in [1.54, 1.807) is 0 Å². The molecule has 18 heavy (non-hydrogen) atoms. The summed E-state index contributed by atoms with van der Waals surface area (Å²) in [7, 11) is 0. The fraction of sp³-hybridized carbons (Fsp3) is 0.286. The maximum absolute atomic E-state index is 12.6. The van der Waals surface area contributed by atoms with Gasteiger partial charge in [-0.05, 0) is 49.9 Å². The van der Waals surface area contributed by atoms with Gasteiger partial charge in [0.2, 0.25) is 0 Å². The fourth-order valence-electron chi connectivity index (χ4n) is 1.64. The van der Waals surface area contributed by atoms with Crippen LogP contribution in [-0.4, -0.2) is 0 Å². The Morgan fingerprint density at radius 2 is 1.72 bits per heavy atom. The minimum atomic E-state index is -4.27. The van der Waals surface area contributed by atoms with Gasteiger partial charge >= 0.3 is 6.18 Å². The van der Waals surface area contributed by atoms with Crippen LogP contribution < -0.4 is 0 Å². The molecular weight excluding hydrogens is 257 g/mol. The normalized spacial score (nSPS) is 11.9. The summed E-state index contributed by atoms with van der Waals surface area (Å²) in [6.07, 6.45) is -4.27. The molecule has 1 heterocycles. The molecular formula is C14H13F3S. The van der Waals surface area contributed by atoms with E-state index in [1.807, 2.05) is 26.8 Å². The lowest BCUT2D eigenvalue weighted by Crippen LogP contribution is -2.03. The monoisotopic (exact) mass is 270 g/mol. The number of allylic oxidation sites excluding steroid dienone is 2. The van der Waals surface area contributed by atoms with Crippen molar-refractivity contribution < 1.29 is 13.2 Å². The quantitative estimate of drug-likeness (QED) is 0.620. The number of alkyl halides is 3. The van der Waals surface area contributed by atoms with Crippen LogP contribution in [0, 0.1) is 0 Å². The van der Waals surface area contributed by atoms with Crippen LogP contribution in [0.25, 0.3) is 15.7 Å². The van der Waals surface area contributed by atoms with E-state index in [2.05, 4.69) is 0 Å². The second-order valence-electron chi connectivity index (χ2n) is 4.49. The van der Waals surface area contributed by atoms with Crippen LogP contribution >= 0.6 is 11.3 Å². The summed E-state index contributed by atoms with van der Waals surface area (Å²) in [6.45, 7) is 5.99. The predicted molar refractivity (Wildman–Crippen MR) is 70.8 cm³/mol. The summed E-state index contributed by atoms with van der Waals surface area (Å²) in [6, 6.07) is 5.84. The summed E-state index contributed by atoms with van der Waals surface area (Å²) in [5.41, 5.74) is 1.72. The Labute approximate surface area is 108 Å². The second-order valence-corrected chi connectivity index (χ2v) is 5.57. The molecule has 96 valence electrons. The SMILES string of the molecule is CC(C)=C(C)c1cc2ccc(C(F)(F)F)cc2s1. The standard InChI is InChI=1S/C14H13F3S/c1-8(2)9(3)12-6-10-4-5-11(14(15,16)17)7-13(10)18-12/h4-7H,1-3H3. The van der Waals surface area contributed by atoms with E-state index in [9.17, 15) is 13.2 Å². The highest BCUT2D eigenvalue weighted by Gasteiger charge is 2.30. The van der Waals surface area contributed by atoms with Gasteiger partial charge in [-0.25, -0.2) is 0 Å². The van der Waals surface area contributed by atoms with Crippen LogP contribution in [0.5, 0.6) is 0 Å². The molecule has 0 aliphatic heterocycles. The van der Waals surface area contributed by atoms with Crippen LogP contribution in [0.1, 0.15) is 31.2 Å². The molecule has 1 aromatic carbocycles. The average molecular weight is 270 g/mol. The number of fused-ring (bicyclic) bond motifs is 1. The minimum Gasteiger partial charge on any atom is -0.166 e. The maximum atomic E-state index is 12.6. The molecule has 0 saturated heterocycles. The summed E-state index contributed by atoms with van der Waals surface area (Å²) in [5, 5.41) is 0.864. The van der Waals surface area contributed by atoms with E-state index in [4.69, 9.17) is 0 Å². The number of halogens is 3. The third-order valence-electron chi connectivity index (χ3n) is 2.97. The molecule has 4 heteroatoms. The Morgan fingerprint density at radius 3 is 2.28 bits per heavy atom. The van der Waals surface area contributed by atoms with Crippen molar-refractivity contribution >= 4 is 27.0 Å². The minimum absolute atomic E-state index is 0.585. The van der Waals surface area contributed by atoms with E-state index in [1.165, 1.54) is 29.0 Å². The molecule has 0 radical (unpaired) electrons. The van der Waals surface area contributed by atoms with Gasteiger partial charge in [-0.15, -0.1) is 11.3 Å². The van der Waals surface area contributed by atoms with Crippen molar-refractivity contribution in [1.29, 1.82) is 0 Å². The Hall–Kier alpha value is -1.29. The summed E-state index contributed by atoms with van der Waals surface area (Å²) >= 11 is 1.41. The van der Waals surface area contributed by atoms with Gasteiger partial charge in [-0.2, -0.15) is 13.2 Å². The third-order valence-corrected chi connectivity index (χ3v) is 4.18. The molecule has 0 nitrogen and oxygen atoms in total. The van der Waals surface area contributed by atoms with E-state index in [-0.39, 0.29) is 0 Å². The molecule has 0 aliphatic carbocycles. The Kier molecular flexibility index (Phi) is 3.23. The molecule has 0 atom stereocenters. The Balaban J connectivity index is 2.57. The number of thiophene rings is 1. The van der Waals surface area contributed by atoms with Gasteiger partial charge in [0.25, 0.3) is 0 Å². The predicted octanol–water partition coefficient (Wildman–Crippen LogP) is 5.73. The first-order valence-electron chi connectivity index (χ1n) is 5.54. The van der Waals surface area contributed by atoms with Crippen LogP contribution in [-0.2, 0) is 6.18 Å². The first-order valence-corrected chi connectivity index (χ1v) is 6.36. The highest BCUT2D eigenvalue weighted by atomic mass is 32.1. The van der Waals surface area contributed by atoms with Crippen LogP contribution in [0.15, 0.2) is 29.8 Å². The Bertz CT molecular complexity index is 613. The van der Waals surface area contributed by atoms with E-state index < -0.39 is 11.7 Å². The van der Waals surface area contributed by atoms with Crippen molar-refractivity contribution in [2.45, 2.75) is 26.9 Å². The van der Waals surface area contributed by atoms with Crippen molar-refractivity contribution in [3.8, 4) is 0 Å². The maximum Gasteiger partial charge on any atom is 0.416 e. The first kappa shape index (κ1) is 13.1. The van der Waals surface area contributed by atoms with Gasteiger partial charge in [0.1, 0.15) is 0 Å². The van der Waals surface area contributed by atoms with E-state index in [0.29, 0.717) is 4.70 Å². The topological polar surface area (TPSA) is 0 Å². The van der Waals surface area contributed by atoms with Gasteiger partial charge in [0, 0.05) is 9.58 Å². The Morgan fingerprint density at radius 1 is 1.06 bits per heavy atom. The van der Waals surface area contributed by atoms with Crippen LogP contribution in [0.4, 0.5) is 13.2 Å². The van der Waals surface area contributed by atoms with Gasteiger partial charge < -0.3 is 0 Å². The lowest BCUT2D eigenvalue weighted by atomic mass is 10.1. The van der Waals surface area contributed by atoms with Crippen molar-refractivity contribution in [3.63, 3.8) is 0 Å². The molecule has 0 bridgehead atoms. The van der Waals surface area contributed by atoms with Gasteiger partial charge in [0.05, 0.1) is 5.56 Å². The fourth-order valence-corrected chi connectivity index (χ4v) is 2.85. The highest BCUT2D eigenvalue weighted by Crippen LogP contribution is 2.36. The summed E-state index contributed by atoms with van der Waals surface area (Å²) < 4.78 is 38.5. The smallest absolute Gasteiger partial charge is 0.166 e. The van der Waals surface area contributed by atoms with Gasteiger partial charge in [-0.3, -0.25) is 0 Å². The van der Waals surface area contributed by atoms with Crippen molar-refractivity contribution in [3.05, 3.63) is 40.3 Å². The number of hydrogen-bond donors (Lipinski definition) is 0. The zero-order chi connectivity index (χ0) is 13.5. The number of hydrogen-bond acceptors (Lipinski definition) is 1. The molecule has 2 rings (SSSR count). The molecule has 0 saturated carbocycles. The molecule has 0 aliphatic rings. The summed E-state index contributed by atoms with van der Waals surface area (Å²) in [4.78, 5) is 1.03. The summed E-state index contributed by atoms with van der Waals surface area (Å²) in [5.74, 6) is 0. The van der Waals surface area contributed by atoms with Crippen molar-refractivity contribution in [1.82, 2.24) is 0 Å². The molecule has 0 unspecified atom stereocenters. The van der Waals surface area contributed by atoms with Gasteiger partial charge in [-0.1, -0.05) is 11.6 Å². The third kappa shape index (κ3) is 2.43. The zero-order valence-corrected chi connectivity index (χ0v) is 11.2. The second kappa shape index (κ2) is 4.43. The van der Waals surface area contributed by atoms with Crippen molar-refractivity contribution in [2.24, 2.45) is 0 Å². The molecule has 0 N–H and O–H groups in total. The van der Waals surface area contributed by atoms with Crippen molar-refractivity contribution in [2.75, 3.05) is 0 Å². The lowest BCUT2D eigenvalue weighted by Gasteiger charge is -2.05. The average Bonchev–Trinajstić information content (AvgIpc) is 2.68. The molecule has 0 fully saturated rings. The molecule has 1 aromatic heterocycles. The van der Waals surface area contributed by atoms with E-state index >= 15 is 0 Å². The van der Waals surface area contributed by atoms with Crippen LogP contribution in [0.3, 0.4) is 0 Å². The molecule has 0 spiro atoms. The number of rotatable bonds is 1. The zero-order valence-electron chi connectivity index (χ0n) is 10.4. The lowest BCUT2D eigenvalue weighted by molar-refractivity contribution is -0.137. The molecule has 2 aromatic rings. The van der Waals surface area contributed by atoms with Gasteiger partial charge in [0.15, 0.2) is 0 Å². The van der Waals surface area contributed by atoms with Crippen LogP contribution in [0.2, 0.25) is 0 Å². The highest BCUT2D eigenvalue weighted by molar-refractivity contribution is 7.20. The molecule has 0 amide bonds. The largest absolute Gasteiger partial charge is 0.416 e. The first-order chi connectivity index (χ1) is 8.29. The van der Waals surface area contributed by atoms with E-state index in [0.717, 1.165) is 21.9 Å². The number of benzene rings is 1.